The molecule has 4 rings (SSSR count). The first-order valence-corrected chi connectivity index (χ1v) is 9.77. The molecule has 0 aliphatic carbocycles. The first-order chi connectivity index (χ1) is 16.0. The van der Waals surface area contributed by atoms with Crippen molar-refractivity contribution in [2.75, 3.05) is 19.0 Å². The largest absolute Gasteiger partial charge is 0.415 e. The summed E-state index contributed by atoms with van der Waals surface area (Å²) in [4.78, 5) is 37.6. The van der Waals surface area contributed by atoms with Crippen LogP contribution in [0.2, 0.25) is 0 Å². The molecule has 14 heteroatoms. The van der Waals surface area contributed by atoms with E-state index >= 15 is 0 Å². The van der Waals surface area contributed by atoms with E-state index in [9.17, 15) is 31.5 Å². The number of nitrogens with one attached hydrogen (secondary N) is 1. The van der Waals surface area contributed by atoms with E-state index in [1.165, 1.54) is 0 Å². The van der Waals surface area contributed by atoms with Crippen LogP contribution in [-0.4, -0.2) is 58.6 Å². The lowest BCUT2D eigenvalue weighted by Crippen LogP contribution is -2.57. The zero-order valence-corrected chi connectivity index (χ0v) is 17.4. The number of anilines is 1. The Balaban J connectivity index is 1.74. The average Bonchev–Trinajstić information content (AvgIpc) is 3.19. The lowest BCUT2D eigenvalue weighted by atomic mass is 9.76. The van der Waals surface area contributed by atoms with Crippen LogP contribution in [0.15, 0.2) is 35.6 Å². The number of halogens is 5. The molecule has 1 aromatic heterocycles. The molecule has 3 N–H and O–H groups in total. The number of hydrogen-bond acceptors (Lipinski definition) is 7. The van der Waals surface area contributed by atoms with Crippen LogP contribution in [-0.2, 0) is 21.7 Å². The maximum absolute atomic E-state index is 15.0. The van der Waals surface area contributed by atoms with E-state index in [0.29, 0.717) is 0 Å². The van der Waals surface area contributed by atoms with Gasteiger partial charge in [-0.2, -0.15) is 13.2 Å². The smallest absolute Gasteiger partial charge is 0.369 e. The van der Waals surface area contributed by atoms with Gasteiger partial charge in [0.05, 0.1) is 24.7 Å². The zero-order valence-electron chi connectivity index (χ0n) is 17.4. The minimum atomic E-state index is -4.93. The second-order valence-corrected chi connectivity index (χ2v) is 7.72. The summed E-state index contributed by atoms with van der Waals surface area (Å²) in [7, 11) is 1.15. The van der Waals surface area contributed by atoms with E-state index in [1.54, 1.807) is 0 Å². The lowest BCUT2D eigenvalue weighted by Gasteiger charge is -2.39. The van der Waals surface area contributed by atoms with E-state index in [2.05, 4.69) is 20.3 Å². The molecular formula is C20H17F5N6O3. The highest BCUT2D eigenvalue weighted by Crippen LogP contribution is 2.51. The average molecular weight is 484 g/mol. The van der Waals surface area contributed by atoms with Gasteiger partial charge in [-0.25, -0.2) is 18.8 Å². The third-order valence-corrected chi connectivity index (χ3v) is 5.64. The Kier molecular flexibility index (Phi) is 5.71. The van der Waals surface area contributed by atoms with Crippen LogP contribution < -0.4 is 11.1 Å². The Morgan fingerprint density at radius 1 is 1.32 bits per heavy atom. The van der Waals surface area contributed by atoms with Gasteiger partial charge < -0.3 is 15.8 Å². The molecule has 0 spiro atoms. The third-order valence-electron chi connectivity index (χ3n) is 5.64. The van der Waals surface area contributed by atoms with E-state index < -0.39 is 66.2 Å². The molecule has 2 aromatic rings. The summed E-state index contributed by atoms with van der Waals surface area (Å²) in [6, 6.07) is 3.12. The number of hydrogen-bond donors (Lipinski definition) is 2. The highest BCUT2D eigenvalue weighted by molar-refractivity contribution is 6.03. The molecule has 0 bridgehead atoms. The van der Waals surface area contributed by atoms with Gasteiger partial charge in [-0.1, -0.05) is 0 Å². The van der Waals surface area contributed by atoms with E-state index in [4.69, 9.17) is 10.5 Å². The number of carbonyl (C=O) groups excluding carboxylic acids is 2. The van der Waals surface area contributed by atoms with Gasteiger partial charge in [0.25, 0.3) is 5.91 Å². The summed E-state index contributed by atoms with van der Waals surface area (Å²) in [6.07, 6.45) is -5.38. The lowest BCUT2D eigenvalue weighted by molar-refractivity contribution is -0.218. The highest BCUT2D eigenvalue weighted by atomic mass is 19.4. The molecule has 0 saturated carbocycles. The number of aliphatic imine (C=N–C) groups is 1. The number of aromatic nitrogens is 2. The molecule has 0 unspecified atom stereocenters. The van der Waals surface area contributed by atoms with Crippen molar-refractivity contribution in [3.05, 3.63) is 53.4 Å². The van der Waals surface area contributed by atoms with Crippen LogP contribution in [0.3, 0.4) is 0 Å². The van der Waals surface area contributed by atoms with Crippen molar-refractivity contribution >= 4 is 23.5 Å². The quantitative estimate of drug-likeness (QED) is 0.640. The van der Waals surface area contributed by atoms with Gasteiger partial charge in [0.15, 0.2) is 12.1 Å². The van der Waals surface area contributed by atoms with Gasteiger partial charge in [0, 0.05) is 18.3 Å². The fourth-order valence-corrected chi connectivity index (χ4v) is 3.95. The van der Waals surface area contributed by atoms with E-state index in [0.717, 1.165) is 42.5 Å². The van der Waals surface area contributed by atoms with Crippen molar-refractivity contribution in [2.45, 2.75) is 24.5 Å². The van der Waals surface area contributed by atoms with Gasteiger partial charge in [-0.15, -0.1) is 0 Å². The number of nitrogens with zero attached hydrogens (tertiary/aromatic N) is 4. The topological polar surface area (TPSA) is 123 Å². The molecule has 2 aliphatic heterocycles. The first kappa shape index (κ1) is 23.5. The molecular weight excluding hydrogens is 467 g/mol. The molecule has 1 saturated heterocycles. The Bertz CT molecular complexity index is 1170. The van der Waals surface area contributed by atoms with Crippen LogP contribution in [0.5, 0.6) is 0 Å². The third kappa shape index (κ3) is 3.83. The van der Waals surface area contributed by atoms with Crippen LogP contribution in [0.4, 0.5) is 27.6 Å². The standard InChI is InChI=1S/C20H17F5N6O3/c1-31-17(33)14-15(20(23,24)25)34-8-19(14,30-18(31)26)11-4-9(2-3-12(11)22)29-16(32)13-7-27-10(5-21)6-28-13/h2-4,6-7,14-15H,5,8H2,1H3,(H2,26,30)(H,29,32)/t14-,15-,19+/m0/s1. The number of ether oxygens (including phenoxy) is 1. The Hall–Kier alpha value is -3.68. The first-order valence-electron chi connectivity index (χ1n) is 9.77. The summed E-state index contributed by atoms with van der Waals surface area (Å²) in [5.74, 6) is -5.16. The molecule has 3 heterocycles. The van der Waals surface area contributed by atoms with E-state index in [1.807, 2.05) is 0 Å². The summed E-state index contributed by atoms with van der Waals surface area (Å²) in [5.41, 5.74) is 3.03. The van der Waals surface area contributed by atoms with Crippen LogP contribution in [0, 0.1) is 11.7 Å². The summed E-state index contributed by atoms with van der Waals surface area (Å²) in [5, 5.41) is 2.41. The maximum Gasteiger partial charge on any atom is 0.415 e. The van der Waals surface area contributed by atoms with Crippen LogP contribution >= 0.6 is 0 Å². The number of alkyl halides is 4. The normalized spacial score (nSPS) is 24.6. The number of fused-ring (bicyclic) bond motifs is 1. The van der Waals surface area contributed by atoms with Gasteiger partial charge in [-0.3, -0.25) is 19.5 Å². The van der Waals surface area contributed by atoms with Crippen molar-refractivity contribution in [2.24, 2.45) is 16.6 Å². The molecule has 2 aliphatic rings. The van der Waals surface area contributed by atoms with Crippen molar-refractivity contribution in [3.8, 4) is 0 Å². The summed E-state index contributed by atoms with van der Waals surface area (Å²) >= 11 is 0. The molecule has 34 heavy (non-hydrogen) atoms. The van der Waals surface area contributed by atoms with Gasteiger partial charge in [0.2, 0.25) is 5.91 Å². The molecule has 180 valence electrons. The second-order valence-electron chi connectivity index (χ2n) is 7.72. The van der Waals surface area contributed by atoms with Crippen LogP contribution in [0.25, 0.3) is 0 Å². The molecule has 9 nitrogen and oxygen atoms in total. The Labute approximate surface area is 188 Å². The number of benzene rings is 1. The molecule has 0 radical (unpaired) electrons. The number of nitrogens with two attached hydrogens (primary N) is 1. The van der Waals surface area contributed by atoms with E-state index in [-0.39, 0.29) is 17.1 Å². The highest BCUT2D eigenvalue weighted by Gasteiger charge is 2.66. The fourth-order valence-electron chi connectivity index (χ4n) is 3.95. The monoisotopic (exact) mass is 484 g/mol. The summed E-state index contributed by atoms with van der Waals surface area (Å²) in [6.45, 7) is -1.65. The molecule has 1 aromatic carbocycles. The minimum Gasteiger partial charge on any atom is -0.369 e. The van der Waals surface area contributed by atoms with Crippen molar-refractivity contribution in [1.82, 2.24) is 14.9 Å². The van der Waals surface area contributed by atoms with Gasteiger partial charge >= 0.3 is 6.18 Å². The Morgan fingerprint density at radius 3 is 2.68 bits per heavy atom. The number of rotatable bonds is 4. The number of carbonyl (C=O) groups is 2. The molecule has 2 amide bonds. The van der Waals surface area contributed by atoms with Crippen molar-refractivity contribution in [3.63, 3.8) is 0 Å². The molecule has 3 atom stereocenters. The summed E-state index contributed by atoms with van der Waals surface area (Å²) < 4.78 is 73.4. The van der Waals surface area contributed by atoms with Crippen LogP contribution in [0.1, 0.15) is 21.7 Å². The molecule has 1 fully saturated rings. The van der Waals surface area contributed by atoms with Crippen molar-refractivity contribution in [1.29, 1.82) is 0 Å². The predicted octanol–water partition coefficient (Wildman–Crippen LogP) is 1.90. The zero-order chi connectivity index (χ0) is 24.8. The number of guanidine groups is 1. The Morgan fingerprint density at radius 2 is 2.06 bits per heavy atom. The predicted molar refractivity (Wildman–Crippen MR) is 107 cm³/mol. The van der Waals surface area contributed by atoms with Crippen molar-refractivity contribution < 1.29 is 36.3 Å². The SMILES string of the molecule is CN1C(=O)[C@@H]2[C@@H](C(F)(F)F)OC[C@]2(c2cc(NC(=O)c3cnc(CF)cn3)ccc2F)N=C1N. The van der Waals surface area contributed by atoms with Gasteiger partial charge in [0.1, 0.15) is 29.6 Å². The minimum absolute atomic E-state index is 0.00796. The number of amides is 2. The fraction of sp³-hybridized carbons (Fsp3) is 0.350. The van der Waals surface area contributed by atoms with Gasteiger partial charge in [-0.05, 0) is 18.2 Å². The second kappa shape index (κ2) is 8.27. The maximum atomic E-state index is 15.0.